The largest absolute Gasteiger partial charge is 0.337 e. The van der Waals surface area contributed by atoms with E-state index in [1.165, 1.54) is 6.42 Å². The summed E-state index contributed by atoms with van der Waals surface area (Å²) in [7, 11) is 0. The van der Waals surface area contributed by atoms with E-state index in [9.17, 15) is 4.79 Å². The van der Waals surface area contributed by atoms with E-state index < -0.39 is 0 Å². The number of nitrogens with one attached hydrogen (secondary N) is 1. The minimum Gasteiger partial charge on any atom is -0.337 e. The fourth-order valence-corrected chi connectivity index (χ4v) is 2.22. The van der Waals surface area contributed by atoms with Gasteiger partial charge >= 0.3 is 0 Å². The summed E-state index contributed by atoms with van der Waals surface area (Å²) < 4.78 is 0. The van der Waals surface area contributed by atoms with Crippen molar-refractivity contribution in [2.45, 2.75) is 33.6 Å². The van der Waals surface area contributed by atoms with E-state index in [4.69, 9.17) is 0 Å². The number of carbonyl (C=O) groups excluding carboxylic acids is 1. The van der Waals surface area contributed by atoms with Gasteiger partial charge in [0.25, 0.3) is 5.91 Å². The standard InChI is InChI=1S/C12H19N3O/c1-8-5-4-6-15(7-8)12(16)11-9(2)10(3)13-14-11/h8H,4-7H2,1-3H3,(H,13,14). The van der Waals surface area contributed by atoms with Crippen molar-refractivity contribution < 1.29 is 4.79 Å². The molecule has 4 heteroatoms. The fourth-order valence-electron chi connectivity index (χ4n) is 2.22. The molecular weight excluding hydrogens is 202 g/mol. The third-order valence-electron chi connectivity index (χ3n) is 3.40. The zero-order chi connectivity index (χ0) is 11.7. The number of hydrogen-bond acceptors (Lipinski definition) is 2. The van der Waals surface area contributed by atoms with Crippen molar-refractivity contribution in [3.63, 3.8) is 0 Å². The van der Waals surface area contributed by atoms with E-state index in [0.717, 1.165) is 30.8 Å². The molecule has 0 radical (unpaired) electrons. The Morgan fingerprint density at radius 3 is 2.81 bits per heavy atom. The maximum atomic E-state index is 12.2. The highest BCUT2D eigenvalue weighted by atomic mass is 16.2. The fraction of sp³-hybridized carbons (Fsp3) is 0.667. The second-order valence-electron chi connectivity index (χ2n) is 4.82. The number of aromatic nitrogens is 2. The molecule has 0 spiro atoms. The summed E-state index contributed by atoms with van der Waals surface area (Å²) in [5.74, 6) is 0.687. The minimum absolute atomic E-state index is 0.0772. The number of carbonyl (C=O) groups is 1. The molecule has 1 amide bonds. The molecule has 1 atom stereocenters. The third-order valence-corrected chi connectivity index (χ3v) is 3.40. The molecule has 1 unspecified atom stereocenters. The van der Waals surface area contributed by atoms with Crippen molar-refractivity contribution in [2.75, 3.05) is 13.1 Å². The number of nitrogens with zero attached hydrogens (tertiary/aromatic N) is 2. The van der Waals surface area contributed by atoms with Crippen LogP contribution in [0.1, 0.15) is 41.5 Å². The zero-order valence-corrected chi connectivity index (χ0v) is 10.2. The number of piperidine rings is 1. The zero-order valence-electron chi connectivity index (χ0n) is 10.2. The first-order chi connectivity index (χ1) is 7.59. The topological polar surface area (TPSA) is 49.0 Å². The van der Waals surface area contributed by atoms with Crippen molar-refractivity contribution in [1.29, 1.82) is 0 Å². The van der Waals surface area contributed by atoms with Crippen LogP contribution in [0.25, 0.3) is 0 Å². The van der Waals surface area contributed by atoms with Gasteiger partial charge in [-0.15, -0.1) is 0 Å². The Bertz CT molecular complexity index is 397. The summed E-state index contributed by atoms with van der Waals surface area (Å²) in [5.41, 5.74) is 2.54. The molecule has 2 rings (SSSR count). The van der Waals surface area contributed by atoms with Crippen LogP contribution in [0.15, 0.2) is 0 Å². The van der Waals surface area contributed by atoms with Crippen LogP contribution in [0.2, 0.25) is 0 Å². The van der Waals surface area contributed by atoms with Gasteiger partial charge in [-0.05, 0) is 32.6 Å². The predicted octanol–water partition coefficient (Wildman–Crippen LogP) is 1.90. The summed E-state index contributed by atoms with van der Waals surface area (Å²) in [6.45, 7) is 7.82. The van der Waals surface area contributed by atoms with Gasteiger partial charge in [-0.3, -0.25) is 9.89 Å². The van der Waals surface area contributed by atoms with Crippen LogP contribution in [0, 0.1) is 19.8 Å². The molecule has 1 aromatic rings. The highest BCUT2D eigenvalue weighted by Gasteiger charge is 2.25. The lowest BCUT2D eigenvalue weighted by Crippen LogP contribution is -2.39. The molecule has 1 N–H and O–H groups in total. The Morgan fingerprint density at radius 2 is 2.25 bits per heavy atom. The first-order valence-corrected chi connectivity index (χ1v) is 5.90. The second-order valence-corrected chi connectivity index (χ2v) is 4.82. The van der Waals surface area contributed by atoms with Gasteiger partial charge in [-0.25, -0.2) is 0 Å². The van der Waals surface area contributed by atoms with Gasteiger partial charge in [0.05, 0.1) is 0 Å². The SMILES string of the molecule is Cc1[nH]nc(C(=O)N2CCCC(C)C2)c1C. The van der Waals surface area contributed by atoms with Crippen molar-refractivity contribution in [3.8, 4) is 0 Å². The number of H-pyrrole nitrogens is 1. The molecule has 1 aromatic heterocycles. The van der Waals surface area contributed by atoms with Gasteiger partial charge in [0.1, 0.15) is 0 Å². The van der Waals surface area contributed by atoms with Crippen molar-refractivity contribution in [1.82, 2.24) is 15.1 Å². The molecule has 1 aliphatic heterocycles. The Hall–Kier alpha value is -1.32. The summed E-state index contributed by atoms with van der Waals surface area (Å²) in [5, 5.41) is 6.97. The van der Waals surface area contributed by atoms with Gasteiger partial charge < -0.3 is 4.90 Å². The van der Waals surface area contributed by atoms with Gasteiger partial charge in [-0.2, -0.15) is 5.10 Å². The smallest absolute Gasteiger partial charge is 0.274 e. The quantitative estimate of drug-likeness (QED) is 0.787. The Kier molecular flexibility index (Phi) is 2.99. The molecule has 0 bridgehead atoms. The van der Waals surface area contributed by atoms with Crippen LogP contribution in [-0.4, -0.2) is 34.1 Å². The lowest BCUT2D eigenvalue weighted by Gasteiger charge is -2.30. The van der Waals surface area contributed by atoms with E-state index in [1.807, 2.05) is 18.7 Å². The number of amides is 1. The normalized spacial score (nSPS) is 21.2. The number of aromatic amines is 1. The summed E-state index contributed by atoms with van der Waals surface area (Å²) >= 11 is 0. The summed E-state index contributed by atoms with van der Waals surface area (Å²) in [4.78, 5) is 14.2. The highest BCUT2D eigenvalue weighted by molar-refractivity contribution is 5.93. The number of hydrogen-bond donors (Lipinski definition) is 1. The summed E-state index contributed by atoms with van der Waals surface area (Å²) in [6.07, 6.45) is 2.33. The van der Waals surface area contributed by atoms with Crippen LogP contribution in [0.5, 0.6) is 0 Å². The first-order valence-electron chi connectivity index (χ1n) is 5.90. The lowest BCUT2D eigenvalue weighted by molar-refractivity contribution is 0.0676. The van der Waals surface area contributed by atoms with E-state index in [1.54, 1.807) is 0 Å². The predicted molar refractivity (Wildman–Crippen MR) is 62.4 cm³/mol. The van der Waals surface area contributed by atoms with Crippen molar-refractivity contribution >= 4 is 5.91 Å². The van der Waals surface area contributed by atoms with Crippen LogP contribution in [-0.2, 0) is 0 Å². The average Bonchev–Trinajstić information content (AvgIpc) is 2.59. The van der Waals surface area contributed by atoms with Crippen LogP contribution in [0.3, 0.4) is 0 Å². The number of likely N-dealkylation sites (tertiary alicyclic amines) is 1. The maximum absolute atomic E-state index is 12.2. The van der Waals surface area contributed by atoms with Crippen LogP contribution < -0.4 is 0 Å². The molecule has 16 heavy (non-hydrogen) atoms. The number of rotatable bonds is 1. The van der Waals surface area contributed by atoms with Gasteiger partial charge in [0, 0.05) is 24.3 Å². The molecule has 1 aliphatic rings. The molecule has 88 valence electrons. The van der Waals surface area contributed by atoms with Crippen LogP contribution in [0.4, 0.5) is 0 Å². The molecular formula is C12H19N3O. The third kappa shape index (κ3) is 1.96. The molecule has 0 saturated carbocycles. The minimum atomic E-state index is 0.0772. The number of aryl methyl sites for hydroxylation is 1. The molecule has 1 fully saturated rings. The van der Waals surface area contributed by atoms with Gasteiger partial charge in [-0.1, -0.05) is 6.92 Å². The Balaban J connectivity index is 2.15. The van der Waals surface area contributed by atoms with Gasteiger partial charge in [0.15, 0.2) is 5.69 Å². The Labute approximate surface area is 96.0 Å². The summed E-state index contributed by atoms with van der Waals surface area (Å²) in [6, 6.07) is 0. The van der Waals surface area contributed by atoms with Crippen LogP contribution >= 0.6 is 0 Å². The monoisotopic (exact) mass is 221 g/mol. The van der Waals surface area contributed by atoms with E-state index in [-0.39, 0.29) is 5.91 Å². The molecule has 0 aromatic carbocycles. The first kappa shape index (κ1) is 11.2. The van der Waals surface area contributed by atoms with Crippen molar-refractivity contribution in [2.24, 2.45) is 5.92 Å². The highest BCUT2D eigenvalue weighted by Crippen LogP contribution is 2.19. The maximum Gasteiger partial charge on any atom is 0.274 e. The molecule has 1 saturated heterocycles. The Morgan fingerprint density at radius 1 is 1.50 bits per heavy atom. The van der Waals surface area contributed by atoms with E-state index in [2.05, 4.69) is 17.1 Å². The van der Waals surface area contributed by atoms with Gasteiger partial charge in [0.2, 0.25) is 0 Å². The molecule has 0 aliphatic carbocycles. The molecule has 4 nitrogen and oxygen atoms in total. The second kappa shape index (κ2) is 4.28. The average molecular weight is 221 g/mol. The van der Waals surface area contributed by atoms with Crippen molar-refractivity contribution in [3.05, 3.63) is 17.0 Å². The molecule has 2 heterocycles. The van der Waals surface area contributed by atoms with E-state index >= 15 is 0 Å². The lowest BCUT2D eigenvalue weighted by atomic mass is 10.00. The van der Waals surface area contributed by atoms with E-state index in [0.29, 0.717) is 11.6 Å².